The molecule has 1 amide bonds. The van der Waals surface area contributed by atoms with Crippen molar-refractivity contribution in [3.63, 3.8) is 0 Å². The van der Waals surface area contributed by atoms with Crippen molar-refractivity contribution in [3.8, 4) is 11.1 Å². The topological polar surface area (TPSA) is 84.9 Å². The van der Waals surface area contributed by atoms with E-state index in [4.69, 9.17) is 21.1 Å². The van der Waals surface area contributed by atoms with E-state index in [1.165, 1.54) is 12.1 Å². The maximum Gasteiger partial charge on any atom is 0.407 e. The Kier molecular flexibility index (Phi) is 9.04. The van der Waals surface area contributed by atoms with E-state index < -0.39 is 29.8 Å². The van der Waals surface area contributed by atoms with Crippen LogP contribution in [0.25, 0.3) is 11.1 Å². The number of benzene rings is 2. The summed E-state index contributed by atoms with van der Waals surface area (Å²) in [6.45, 7) is 7.00. The van der Waals surface area contributed by atoms with Crippen LogP contribution in [-0.4, -0.2) is 41.5 Å². The van der Waals surface area contributed by atoms with Gasteiger partial charge in [-0.05, 0) is 63.4 Å². The Labute approximate surface area is 192 Å². The Hall–Kier alpha value is -2.64. The Morgan fingerprint density at radius 2 is 1.81 bits per heavy atom. The summed E-state index contributed by atoms with van der Waals surface area (Å²) in [4.78, 5) is 24.1. The fraction of sp³-hybridized carbons (Fsp3) is 0.417. The molecule has 6 nitrogen and oxygen atoms in total. The number of hydrogen-bond donors (Lipinski definition) is 2. The number of alkyl carbamates (subject to hydrolysis) is 1. The van der Waals surface area contributed by atoms with Crippen molar-refractivity contribution >= 4 is 23.7 Å². The lowest BCUT2D eigenvalue weighted by atomic mass is 9.97. The molecule has 0 saturated carbocycles. The molecule has 32 heavy (non-hydrogen) atoms. The fourth-order valence-corrected chi connectivity index (χ4v) is 3.27. The number of amides is 1. The minimum atomic E-state index is -1.39. The predicted molar refractivity (Wildman–Crippen MR) is 121 cm³/mol. The van der Waals surface area contributed by atoms with Crippen LogP contribution < -0.4 is 5.32 Å². The quantitative estimate of drug-likeness (QED) is 0.542. The summed E-state index contributed by atoms with van der Waals surface area (Å²) < 4.78 is 24.3. The van der Waals surface area contributed by atoms with Crippen LogP contribution in [0, 0.1) is 5.82 Å². The maximum atomic E-state index is 14.1. The minimum Gasteiger partial charge on any atom is -0.464 e. The third kappa shape index (κ3) is 8.13. The van der Waals surface area contributed by atoms with E-state index in [-0.39, 0.29) is 18.8 Å². The van der Waals surface area contributed by atoms with Crippen LogP contribution in [-0.2, 0) is 20.7 Å². The van der Waals surface area contributed by atoms with Crippen molar-refractivity contribution in [1.82, 2.24) is 5.32 Å². The van der Waals surface area contributed by atoms with Crippen LogP contribution in [0.3, 0.4) is 0 Å². The van der Waals surface area contributed by atoms with E-state index >= 15 is 0 Å². The first-order chi connectivity index (χ1) is 15.0. The Morgan fingerprint density at radius 1 is 1.16 bits per heavy atom. The summed E-state index contributed by atoms with van der Waals surface area (Å²) in [6.07, 6.45) is -1.79. The zero-order valence-corrected chi connectivity index (χ0v) is 19.4. The van der Waals surface area contributed by atoms with E-state index in [0.29, 0.717) is 22.6 Å². The number of hydrogen-bond acceptors (Lipinski definition) is 5. The number of rotatable bonds is 8. The number of aliphatic hydroxyl groups is 1. The predicted octanol–water partition coefficient (Wildman–Crippen LogP) is 4.90. The lowest BCUT2D eigenvalue weighted by molar-refractivity contribution is -0.153. The van der Waals surface area contributed by atoms with Crippen LogP contribution in [0.2, 0.25) is 5.02 Å². The zero-order valence-electron chi connectivity index (χ0n) is 18.7. The number of esters is 1. The molecule has 174 valence electrons. The van der Waals surface area contributed by atoms with E-state index in [1.807, 2.05) is 0 Å². The van der Waals surface area contributed by atoms with Gasteiger partial charge in [-0.25, -0.2) is 14.0 Å². The summed E-state index contributed by atoms with van der Waals surface area (Å²) >= 11 is 5.98. The highest BCUT2D eigenvalue weighted by molar-refractivity contribution is 6.30. The molecule has 0 saturated heterocycles. The third-order valence-electron chi connectivity index (χ3n) is 4.46. The Bertz CT molecular complexity index is 927. The highest BCUT2D eigenvalue weighted by Gasteiger charge is 2.25. The molecular formula is C24H29ClFNO5. The van der Waals surface area contributed by atoms with Gasteiger partial charge in [-0.2, -0.15) is 0 Å². The average Bonchev–Trinajstić information content (AvgIpc) is 2.69. The van der Waals surface area contributed by atoms with Crippen molar-refractivity contribution in [3.05, 3.63) is 58.9 Å². The van der Waals surface area contributed by atoms with E-state index in [2.05, 4.69) is 5.32 Å². The number of aliphatic hydroxyl groups excluding tert-OH is 1. The molecule has 2 unspecified atom stereocenters. The average molecular weight is 466 g/mol. The van der Waals surface area contributed by atoms with Crippen LogP contribution in [0.4, 0.5) is 9.18 Å². The number of carbonyl (C=O) groups excluding carboxylic acids is 2. The summed E-state index contributed by atoms with van der Waals surface area (Å²) in [5.41, 5.74) is 1.15. The van der Waals surface area contributed by atoms with Crippen LogP contribution in [0.15, 0.2) is 42.5 Å². The number of halogens is 2. The monoisotopic (exact) mass is 465 g/mol. The highest BCUT2D eigenvalue weighted by atomic mass is 35.5. The van der Waals surface area contributed by atoms with Crippen LogP contribution >= 0.6 is 11.6 Å². The molecule has 0 spiro atoms. The molecular weight excluding hydrogens is 437 g/mol. The summed E-state index contributed by atoms with van der Waals surface area (Å²) in [5, 5.41) is 13.3. The molecule has 8 heteroatoms. The second kappa shape index (κ2) is 11.3. The van der Waals surface area contributed by atoms with E-state index in [0.717, 1.165) is 5.56 Å². The second-order valence-electron chi connectivity index (χ2n) is 8.37. The van der Waals surface area contributed by atoms with Gasteiger partial charge in [-0.1, -0.05) is 35.9 Å². The van der Waals surface area contributed by atoms with Crippen LogP contribution in [0.1, 0.15) is 39.7 Å². The first-order valence-corrected chi connectivity index (χ1v) is 10.7. The van der Waals surface area contributed by atoms with Gasteiger partial charge in [0, 0.05) is 23.0 Å². The Balaban J connectivity index is 2.17. The molecule has 0 aliphatic carbocycles. The van der Waals surface area contributed by atoms with Gasteiger partial charge in [-0.15, -0.1) is 0 Å². The molecule has 2 aromatic rings. The molecule has 0 heterocycles. The summed E-state index contributed by atoms with van der Waals surface area (Å²) in [6, 6.07) is 10.8. The lowest BCUT2D eigenvalue weighted by Crippen LogP contribution is -2.43. The molecule has 2 aromatic carbocycles. The first-order valence-electron chi connectivity index (χ1n) is 10.4. The molecule has 0 fully saturated rings. The van der Waals surface area contributed by atoms with Crippen molar-refractivity contribution in [2.75, 3.05) is 6.61 Å². The van der Waals surface area contributed by atoms with Crippen molar-refractivity contribution < 1.29 is 28.6 Å². The molecule has 0 aliphatic rings. The fourth-order valence-electron chi connectivity index (χ4n) is 3.10. The molecule has 2 N–H and O–H groups in total. The van der Waals surface area contributed by atoms with Crippen molar-refractivity contribution in [1.29, 1.82) is 0 Å². The van der Waals surface area contributed by atoms with Crippen molar-refractivity contribution in [2.24, 2.45) is 0 Å². The largest absolute Gasteiger partial charge is 0.464 e. The van der Waals surface area contributed by atoms with Crippen molar-refractivity contribution in [2.45, 2.75) is 58.3 Å². The van der Waals surface area contributed by atoms with Gasteiger partial charge in [0.15, 0.2) is 6.10 Å². The molecule has 0 radical (unpaired) electrons. The molecule has 0 bridgehead atoms. The van der Waals surface area contributed by atoms with Crippen LogP contribution in [0.5, 0.6) is 0 Å². The minimum absolute atomic E-state index is 0.0528. The normalized spacial score (nSPS) is 13.2. The second-order valence-corrected chi connectivity index (χ2v) is 8.81. The zero-order chi connectivity index (χ0) is 23.9. The van der Waals surface area contributed by atoms with Gasteiger partial charge in [0.25, 0.3) is 0 Å². The standard InChI is InChI=1S/C24H29ClFNO5/c1-5-31-22(29)21(28)14-18(27-23(30)32-24(2,3)4)12-15-6-8-16(9-7-15)19-13-17(25)10-11-20(19)26/h6-11,13,18,21,28H,5,12,14H2,1-4H3,(H,27,30). The van der Waals surface area contributed by atoms with Gasteiger partial charge < -0.3 is 19.9 Å². The molecule has 2 rings (SSSR count). The maximum absolute atomic E-state index is 14.1. The number of ether oxygens (including phenoxy) is 2. The third-order valence-corrected chi connectivity index (χ3v) is 4.70. The summed E-state index contributed by atoms with van der Waals surface area (Å²) in [5.74, 6) is -1.14. The lowest BCUT2D eigenvalue weighted by Gasteiger charge is -2.25. The number of carbonyl (C=O) groups is 2. The molecule has 0 aliphatic heterocycles. The Morgan fingerprint density at radius 3 is 2.41 bits per heavy atom. The van der Waals surface area contributed by atoms with E-state index in [1.54, 1.807) is 58.0 Å². The molecule has 2 atom stereocenters. The van der Waals surface area contributed by atoms with Gasteiger partial charge in [0.2, 0.25) is 0 Å². The SMILES string of the molecule is CCOC(=O)C(O)CC(Cc1ccc(-c2cc(Cl)ccc2F)cc1)NC(=O)OC(C)(C)C. The van der Waals surface area contributed by atoms with Gasteiger partial charge >= 0.3 is 12.1 Å². The first kappa shape index (κ1) is 25.6. The summed E-state index contributed by atoms with van der Waals surface area (Å²) in [7, 11) is 0. The van der Waals surface area contributed by atoms with Gasteiger partial charge in [0.1, 0.15) is 11.4 Å². The molecule has 0 aromatic heterocycles. The van der Waals surface area contributed by atoms with Gasteiger partial charge in [-0.3, -0.25) is 0 Å². The van der Waals surface area contributed by atoms with E-state index in [9.17, 15) is 19.1 Å². The highest BCUT2D eigenvalue weighted by Crippen LogP contribution is 2.26. The number of nitrogens with one attached hydrogen (secondary N) is 1. The smallest absolute Gasteiger partial charge is 0.407 e. The van der Waals surface area contributed by atoms with Gasteiger partial charge in [0.05, 0.1) is 6.61 Å².